The van der Waals surface area contributed by atoms with Crippen LogP contribution in [0.4, 0.5) is 0 Å². The maximum absolute atomic E-state index is 11.3. The fraction of sp³-hybridized carbons (Fsp3) is 0.333. The van der Waals surface area contributed by atoms with E-state index in [9.17, 15) is 4.21 Å². The van der Waals surface area contributed by atoms with Crippen LogP contribution in [-0.4, -0.2) is 25.5 Å². The first kappa shape index (κ1) is 11.8. The normalized spacial score (nSPS) is 12.0. The van der Waals surface area contributed by atoms with Crippen LogP contribution in [0.25, 0.3) is 0 Å². The van der Waals surface area contributed by atoms with Crippen LogP contribution >= 0.6 is 0 Å². The molecule has 0 heterocycles. The van der Waals surface area contributed by atoms with Gasteiger partial charge in [0.05, 0.1) is 21.3 Å². The predicted octanol–water partition coefficient (Wildman–Crippen LogP) is 0.694. The zero-order chi connectivity index (χ0) is 11.4. The van der Waals surface area contributed by atoms with E-state index in [1.807, 2.05) is 0 Å². The fourth-order valence-corrected chi connectivity index (χ4v) is 1.85. The first-order valence-corrected chi connectivity index (χ1v) is 5.31. The van der Waals surface area contributed by atoms with Crippen molar-refractivity contribution in [3.8, 4) is 17.2 Å². The molecule has 0 aliphatic rings. The molecule has 1 rings (SSSR count). The van der Waals surface area contributed by atoms with Crippen LogP contribution in [0.15, 0.2) is 17.0 Å². The Bertz CT molecular complexity index is 355. The first-order valence-electron chi connectivity index (χ1n) is 4.10. The van der Waals surface area contributed by atoms with Crippen LogP contribution in [0, 0.1) is 0 Å². The molecule has 0 amide bonds. The van der Waals surface area contributed by atoms with E-state index < -0.39 is 11.0 Å². The van der Waals surface area contributed by atoms with Gasteiger partial charge in [-0.1, -0.05) is 0 Å². The van der Waals surface area contributed by atoms with Crippen LogP contribution in [-0.2, 0) is 11.0 Å². The second-order valence-corrected chi connectivity index (χ2v) is 3.66. The third kappa shape index (κ3) is 2.40. The first-order chi connectivity index (χ1) is 7.13. The molecule has 0 aliphatic carbocycles. The Labute approximate surface area is 90.7 Å². The Balaban J connectivity index is 3.39. The molecule has 5 nitrogen and oxygen atoms in total. The van der Waals surface area contributed by atoms with Gasteiger partial charge in [-0.15, -0.1) is 0 Å². The highest BCUT2D eigenvalue weighted by Gasteiger charge is 2.16. The third-order valence-corrected chi connectivity index (χ3v) is 2.68. The predicted molar refractivity (Wildman–Crippen MR) is 56.7 cm³/mol. The minimum Gasteiger partial charge on any atom is -0.496 e. The summed E-state index contributed by atoms with van der Waals surface area (Å²) in [4.78, 5) is 0.320. The van der Waals surface area contributed by atoms with Crippen molar-refractivity contribution < 1.29 is 18.4 Å². The lowest BCUT2D eigenvalue weighted by atomic mass is 10.3. The summed E-state index contributed by atoms with van der Waals surface area (Å²) in [6, 6.07) is 3.20. The highest BCUT2D eigenvalue weighted by atomic mass is 32.2. The molecule has 2 N–H and O–H groups in total. The summed E-state index contributed by atoms with van der Waals surface area (Å²) in [6.45, 7) is 0. The monoisotopic (exact) mass is 231 g/mol. The lowest BCUT2D eigenvalue weighted by Gasteiger charge is -2.12. The molecule has 0 aromatic heterocycles. The van der Waals surface area contributed by atoms with Crippen molar-refractivity contribution in [2.75, 3.05) is 21.3 Å². The van der Waals surface area contributed by atoms with Gasteiger partial charge >= 0.3 is 0 Å². The summed E-state index contributed by atoms with van der Waals surface area (Å²) >= 11 is 0. The maximum Gasteiger partial charge on any atom is 0.143 e. The van der Waals surface area contributed by atoms with E-state index in [2.05, 4.69) is 0 Å². The van der Waals surface area contributed by atoms with Gasteiger partial charge in [0.1, 0.15) is 33.1 Å². The quantitative estimate of drug-likeness (QED) is 0.827. The minimum atomic E-state index is -1.67. The Kier molecular flexibility index (Phi) is 3.93. The highest BCUT2D eigenvalue weighted by Crippen LogP contribution is 2.35. The summed E-state index contributed by atoms with van der Waals surface area (Å²) in [5.74, 6) is 1.32. The molecule has 1 aromatic carbocycles. The largest absolute Gasteiger partial charge is 0.496 e. The van der Waals surface area contributed by atoms with Gasteiger partial charge in [0.15, 0.2) is 0 Å². The van der Waals surface area contributed by atoms with E-state index >= 15 is 0 Å². The Morgan fingerprint density at radius 2 is 1.53 bits per heavy atom. The number of benzene rings is 1. The SMILES string of the molecule is COc1cc(OC)c(S(N)=O)c(OC)c1. The van der Waals surface area contributed by atoms with Crippen LogP contribution in [0.3, 0.4) is 0 Å². The van der Waals surface area contributed by atoms with Crippen LogP contribution < -0.4 is 19.3 Å². The molecule has 0 spiro atoms. The summed E-state index contributed by atoms with van der Waals surface area (Å²) < 4.78 is 26.4. The standard InChI is InChI=1S/C9H13NO4S/c1-12-6-4-7(13-2)9(15(10)11)8(5-6)14-3/h4-5H,10H2,1-3H3. The molecule has 1 aromatic rings. The number of hydrogen-bond acceptors (Lipinski definition) is 4. The Morgan fingerprint density at radius 1 is 1.07 bits per heavy atom. The van der Waals surface area contributed by atoms with Crippen molar-refractivity contribution >= 4 is 11.0 Å². The third-order valence-electron chi connectivity index (χ3n) is 1.87. The van der Waals surface area contributed by atoms with Crippen molar-refractivity contribution in [3.63, 3.8) is 0 Å². The molecule has 0 bridgehead atoms. The van der Waals surface area contributed by atoms with Crippen LogP contribution in [0.5, 0.6) is 17.2 Å². The molecular formula is C9H13NO4S. The van der Waals surface area contributed by atoms with Gasteiger partial charge < -0.3 is 14.2 Å². The van der Waals surface area contributed by atoms with Gasteiger partial charge in [0, 0.05) is 12.1 Å². The number of ether oxygens (including phenoxy) is 3. The summed E-state index contributed by atoms with van der Waals surface area (Å²) in [6.07, 6.45) is 0. The second-order valence-electron chi connectivity index (χ2n) is 2.66. The molecule has 0 saturated heterocycles. The molecule has 6 heteroatoms. The van der Waals surface area contributed by atoms with Crippen molar-refractivity contribution in [2.24, 2.45) is 5.14 Å². The maximum atomic E-state index is 11.3. The molecule has 15 heavy (non-hydrogen) atoms. The molecule has 1 unspecified atom stereocenters. The summed E-state index contributed by atoms with van der Waals surface area (Å²) in [5.41, 5.74) is 0. The lowest BCUT2D eigenvalue weighted by molar-refractivity contribution is 0.360. The minimum absolute atomic E-state index is 0.320. The highest BCUT2D eigenvalue weighted by molar-refractivity contribution is 7.83. The van der Waals surface area contributed by atoms with Gasteiger partial charge in [-0.2, -0.15) is 0 Å². The zero-order valence-electron chi connectivity index (χ0n) is 8.77. The topological polar surface area (TPSA) is 70.8 Å². The average Bonchev–Trinajstić information content (AvgIpc) is 2.26. The van der Waals surface area contributed by atoms with Crippen molar-refractivity contribution in [3.05, 3.63) is 12.1 Å². The van der Waals surface area contributed by atoms with Gasteiger partial charge in [0.2, 0.25) is 0 Å². The average molecular weight is 231 g/mol. The summed E-state index contributed by atoms with van der Waals surface area (Å²) in [5, 5.41) is 5.33. The molecule has 0 saturated carbocycles. The second kappa shape index (κ2) is 4.99. The molecule has 0 radical (unpaired) electrons. The Hall–Kier alpha value is -1.27. The molecule has 1 atom stereocenters. The van der Waals surface area contributed by atoms with Gasteiger partial charge in [0.25, 0.3) is 0 Å². The van der Waals surface area contributed by atoms with Crippen molar-refractivity contribution in [1.29, 1.82) is 0 Å². The number of methoxy groups -OCH3 is 3. The van der Waals surface area contributed by atoms with Gasteiger partial charge in [-0.3, -0.25) is 0 Å². The molecule has 0 fully saturated rings. The van der Waals surface area contributed by atoms with Crippen LogP contribution in [0.1, 0.15) is 0 Å². The van der Waals surface area contributed by atoms with E-state index in [1.165, 1.54) is 21.3 Å². The number of rotatable bonds is 4. The van der Waals surface area contributed by atoms with E-state index in [0.717, 1.165) is 0 Å². The van der Waals surface area contributed by atoms with Crippen LogP contribution in [0.2, 0.25) is 0 Å². The fourth-order valence-electron chi connectivity index (χ4n) is 1.17. The zero-order valence-corrected chi connectivity index (χ0v) is 9.59. The molecule has 84 valence electrons. The van der Waals surface area contributed by atoms with Crippen molar-refractivity contribution in [2.45, 2.75) is 4.90 Å². The lowest BCUT2D eigenvalue weighted by Crippen LogP contribution is -2.07. The molecule has 0 aliphatic heterocycles. The van der Waals surface area contributed by atoms with Crippen molar-refractivity contribution in [1.82, 2.24) is 0 Å². The van der Waals surface area contributed by atoms with E-state index in [0.29, 0.717) is 22.1 Å². The van der Waals surface area contributed by atoms with Gasteiger partial charge in [-0.05, 0) is 0 Å². The smallest absolute Gasteiger partial charge is 0.143 e. The number of nitrogens with two attached hydrogens (primary N) is 1. The van der Waals surface area contributed by atoms with Gasteiger partial charge in [-0.25, -0.2) is 9.35 Å². The van der Waals surface area contributed by atoms with E-state index in [1.54, 1.807) is 12.1 Å². The number of hydrogen-bond donors (Lipinski definition) is 1. The molecular weight excluding hydrogens is 218 g/mol. The summed E-state index contributed by atoms with van der Waals surface area (Å²) in [7, 11) is 2.78. The van der Waals surface area contributed by atoms with E-state index in [4.69, 9.17) is 19.3 Å². The van der Waals surface area contributed by atoms with E-state index in [-0.39, 0.29) is 0 Å². The Morgan fingerprint density at radius 3 is 1.80 bits per heavy atom.